The number of aliphatic hydroxyl groups is 1. The summed E-state index contributed by atoms with van der Waals surface area (Å²) in [6.07, 6.45) is 2.77. The zero-order valence-corrected chi connectivity index (χ0v) is 7.70. The molecule has 0 fully saturated rings. The number of hydrogen-bond acceptors (Lipinski definition) is 3. The van der Waals surface area contributed by atoms with E-state index < -0.39 is 0 Å². The molecule has 2 nitrogen and oxygen atoms in total. The van der Waals surface area contributed by atoms with Crippen molar-refractivity contribution in [1.29, 1.82) is 0 Å². The molecule has 0 saturated carbocycles. The quantitative estimate of drug-likeness (QED) is 0.424. The van der Waals surface area contributed by atoms with Crippen LogP contribution < -0.4 is 5.32 Å². The van der Waals surface area contributed by atoms with E-state index in [9.17, 15) is 0 Å². The molecule has 0 radical (unpaired) electrons. The van der Waals surface area contributed by atoms with Crippen LogP contribution in [0.15, 0.2) is 12.7 Å². The van der Waals surface area contributed by atoms with Crippen molar-refractivity contribution in [2.24, 2.45) is 0 Å². The third-order valence-electron chi connectivity index (χ3n) is 1.17. The molecule has 0 atom stereocenters. The van der Waals surface area contributed by atoms with Crippen LogP contribution in [0.4, 0.5) is 0 Å². The van der Waals surface area contributed by atoms with E-state index in [1.54, 1.807) is 0 Å². The zero-order valence-electron chi connectivity index (χ0n) is 6.88. The Bertz CT molecular complexity index is 88.2. The van der Waals surface area contributed by atoms with Crippen molar-refractivity contribution in [2.75, 3.05) is 31.2 Å². The highest BCUT2D eigenvalue weighted by Crippen LogP contribution is 1.96. The first-order valence-corrected chi connectivity index (χ1v) is 5.07. The first-order chi connectivity index (χ1) is 5.41. The smallest absolute Gasteiger partial charge is 0.0443 e. The maximum atomic E-state index is 8.45. The summed E-state index contributed by atoms with van der Waals surface area (Å²) in [7, 11) is 0. The fourth-order valence-corrected chi connectivity index (χ4v) is 1.26. The van der Waals surface area contributed by atoms with E-state index in [0.29, 0.717) is 0 Å². The van der Waals surface area contributed by atoms with Gasteiger partial charge in [0.2, 0.25) is 0 Å². The van der Waals surface area contributed by atoms with Gasteiger partial charge in [0.25, 0.3) is 0 Å². The van der Waals surface area contributed by atoms with Gasteiger partial charge in [0.15, 0.2) is 0 Å². The van der Waals surface area contributed by atoms with Gasteiger partial charge in [0.05, 0.1) is 0 Å². The minimum Gasteiger partial charge on any atom is -0.396 e. The molecule has 0 aliphatic carbocycles. The maximum Gasteiger partial charge on any atom is 0.0443 e. The molecule has 3 heteroatoms. The molecule has 0 aromatic rings. The second kappa shape index (κ2) is 10.0. The molecule has 66 valence electrons. The van der Waals surface area contributed by atoms with Gasteiger partial charge in [0, 0.05) is 24.7 Å². The van der Waals surface area contributed by atoms with Crippen LogP contribution in [0.5, 0.6) is 0 Å². The highest BCUT2D eigenvalue weighted by Gasteiger charge is 1.86. The molecule has 0 saturated heterocycles. The highest BCUT2D eigenvalue weighted by molar-refractivity contribution is 7.99. The van der Waals surface area contributed by atoms with Crippen molar-refractivity contribution in [1.82, 2.24) is 5.32 Å². The van der Waals surface area contributed by atoms with Crippen LogP contribution in [0.3, 0.4) is 0 Å². The molecule has 0 amide bonds. The summed E-state index contributed by atoms with van der Waals surface area (Å²) in [6, 6.07) is 0. The lowest BCUT2D eigenvalue weighted by Gasteiger charge is -2.01. The van der Waals surface area contributed by atoms with E-state index in [1.165, 1.54) is 0 Å². The Labute approximate surface area is 73.1 Å². The summed E-state index contributed by atoms with van der Waals surface area (Å²) in [4.78, 5) is 0. The van der Waals surface area contributed by atoms with Gasteiger partial charge in [-0.2, -0.15) is 11.8 Å². The molecule has 0 heterocycles. The van der Waals surface area contributed by atoms with Crippen LogP contribution in [-0.2, 0) is 0 Å². The summed E-state index contributed by atoms with van der Waals surface area (Å²) < 4.78 is 0. The second-order valence-corrected chi connectivity index (χ2v) is 3.34. The van der Waals surface area contributed by atoms with E-state index in [0.717, 1.165) is 31.0 Å². The van der Waals surface area contributed by atoms with Gasteiger partial charge in [-0.1, -0.05) is 6.08 Å². The molecule has 0 aliphatic rings. The largest absolute Gasteiger partial charge is 0.396 e. The maximum absolute atomic E-state index is 8.45. The first-order valence-electron chi connectivity index (χ1n) is 3.92. The summed E-state index contributed by atoms with van der Waals surface area (Å²) in [5.41, 5.74) is 0. The first kappa shape index (κ1) is 11.0. The van der Waals surface area contributed by atoms with Gasteiger partial charge in [0.1, 0.15) is 0 Å². The number of thioether (sulfide) groups is 1. The molecule has 0 unspecified atom stereocenters. The number of rotatable bonds is 8. The van der Waals surface area contributed by atoms with Gasteiger partial charge in [-0.15, -0.1) is 6.58 Å². The fraction of sp³-hybridized carbons (Fsp3) is 0.750. The average Bonchev–Trinajstić information content (AvgIpc) is 2.03. The normalized spacial score (nSPS) is 9.91. The van der Waals surface area contributed by atoms with Crippen LogP contribution >= 0.6 is 11.8 Å². The van der Waals surface area contributed by atoms with E-state index in [4.69, 9.17) is 5.11 Å². The summed E-state index contributed by atoms with van der Waals surface area (Å²) in [5, 5.41) is 11.7. The Kier molecular flexibility index (Phi) is 10.0. The molecule has 0 aliphatic heterocycles. The Morgan fingerprint density at radius 2 is 2.27 bits per heavy atom. The lowest BCUT2D eigenvalue weighted by atomic mass is 10.4. The minimum absolute atomic E-state index is 0.285. The van der Waals surface area contributed by atoms with Gasteiger partial charge in [-0.3, -0.25) is 0 Å². The van der Waals surface area contributed by atoms with Crippen LogP contribution in [0.2, 0.25) is 0 Å². The second-order valence-electron chi connectivity index (χ2n) is 2.19. The van der Waals surface area contributed by atoms with E-state index >= 15 is 0 Å². The van der Waals surface area contributed by atoms with Gasteiger partial charge < -0.3 is 10.4 Å². The van der Waals surface area contributed by atoms with Crippen LogP contribution in [0.25, 0.3) is 0 Å². The van der Waals surface area contributed by atoms with Crippen molar-refractivity contribution < 1.29 is 5.11 Å². The van der Waals surface area contributed by atoms with E-state index in [2.05, 4.69) is 11.9 Å². The van der Waals surface area contributed by atoms with E-state index in [-0.39, 0.29) is 6.61 Å². The zero-order chi connectivity index (χ0) is 8.36. The van der Waals surface area contributed by atoms with Crippen molar-refractivity contribution in [2.45, 2.75) is 6.42 Å². The summed E-state index contributed by atoms with van der Waals surface area (Å²) >= 11 is 1.87. The predicted molar refractivity (Wildman–Crippen MR) is 52.1 cm³/mol. The molecule has 11 heavy (non-hydrogen) atoms. The Morgan fingerprint density at radius 3 is 2.91 bits per heavy atom. The molecule has 0 aromatic carbocycles. The Morgan fingerprint density at radius 1 is 1.45 bits per heavy atom. The Balaban J connectivity index is 2.74. The van der Waals surface area contributed by atoms with Crippen LogP contribution in [0.1, 0.15) is 6.42 Å². The van der Waals surface area contributed by atoms with Crippen LogP contribution in [0, 0.1) is 0 Å². The molecule has 0 aromatic heterocycles. The van der Waals surface area contributed by atoms with Crippen molar-refractivity contribution in [3.05, 3.63) is 12.7 Å². The minimum atomic E-state index is 0.285. The predicted octanol–water partition coefficient (Wildman–Crippen LogP) is 0.878. The molecular weight excluding hydrogens is 158 g/mol. The van der Waals surface area contributed by atoms with Gasteiger partial charge in [-0.25, -0.2) is 0 Å². The monoisotopic (exact) mass is 175 g/mol. The standard InChI is InChI=1S/C8H17NOS/c1-2-7-11-8-5-9-4-3-6-10/h2,9-10H,1,3-8H2. The summed E-state index contributed by atoms with van der Waals surface area (Å²) in [6.45, 7) is 5.87. The van der Waals surface area contributed by atoms with E-state index in [1.807, 2.05) is 17.8 Å². The van der Waals surface area contributed by atoms with Gasteiger partial charge >= 0.3 is 0 Å². The number of nitrogens with one attached hydrogen (secondary N) is 1. The lowest BCUT2D eigenvalue weighted by Crippen LogP contribution is -2.19. The topological polar surface area (TPSA) is 32.3 Å². The fourth-order valence-electron chi connectivity index (χ4n) is 0.640. The SMILES string of the molecule is C=CCSCCNCCCO. The van der Waals surface area contributed by atoms with Crippen molar-refractivity contribution >= 4 is 11.8 Å². The third-order valence-corrected chi connectivity index (χ3v) is 2.13. The lowest BCUT2D eigenvalue weighted by molar-refractivity contribution is 0.286. The average molecular weight is 175 g/mol. The van der Waals surface area contributed by atoms with Crippen molar-refractivity contribution in [3.8, 4) is 0 Å². The Hall–Kier alpha value is 0.01000. The highest BCUT2D eigenvalue weighted by atomic mass is 32.2. The summed E-state index contributed by atoms with van der Waals surface area (Å²) in [5.74, 6) is 2.15. The molecular formula is C8H17NOS. The molecule has 0 rings (SSSR count). The van der Waals surface area contributed by atoms with Gasteiger partial charge in [-0.05, 0) is 13.0 Å². The molecule has 0 spiro atoms. The number of hydrogen-bond donors (Lipinski definition) is 2. The third kappa shape index (κ3) is 10.0. The van der Waals surface area contributed by atoms with Crippen molar-refractivity contribution in [3.63, 3.8) is 0 Å². The molecule has 2 N–H and O–H groups in total. The number of aliphatic hydroxyl groups excluding tert-OH is 1. The van der Waals surface area contributed by atoms with Crippen LogP contribution in [-0.4, -0.2) is 36.3 Å². The molecule has 0 bridgehead atoms.